The summed E-state index contributed by atoms with van der Waals surface area (Å²) in [4.78, 5) is -0.102. The largest absolute Gasteiger partial charge is 0.573 e. The summed E-state index contributed by atoms with van der Waals surface area (Å²) in [6.45, 7) is 2.14. The molecule has 0 saturated heterocycles. The number of nitrogens with zero attached hydrogens (tertiary/aromatic N) is 1. The fraction of sp³-hybridized carbons (Fsp3) is 0.455. The number of alkyl halides is 3. The first-order valence-electron chi connectivity index (χ1n) is 5.59. The highest BCUT2D eigenvalue weighted by Gasteiger charge is 2.32. The molecule has 0 amide bonds. The molecule has 1 aromatic carbocycles. The number of halogens is 4. The van der Waals surface area contributed by atoms with E-state index in [-0.39, 0.29) is 9.37 Å². The van der Waals surface area contributed by atoms with Gasteiger partial charge in [0.25, 0.3) is 0 Å². The third kappa shape index (κ3) is 4.35. The molecule has 0 saturated carbocycles. The monoisotopic (exact) mass is 375 g/mol. The Labute approximate surface area is 123 Å². The Morgan fingerprint density at radius 1 is 1.35 bits per heavy atom. The van der Waals surface area contributed by atoms with Crippen LogP contribution < -0.4 is 4.74 Å². The molecule has 0 aliphatic rings. The summed E-state index contributed by atoms with van der Waals surface area (Å²) in [6.07, 6.45) is -4.20. The third-order valence-corrected chi connectivity index (χ3v) is 4.85. The molecular weight excluding hydrogens is 363 g/mol. The summed E-state index contributed by atoms with van der Waals surface area (Å²) in [5, 5.41) is 0. The van der Waals surface area contributed by atoms with Crippen molar-refractivity contribution in [2.24, 2.45) is 0 Å². The van der Waals surface area contributed by atoms with Gasteiger partial charge in [-0.1, -0.05) is 6.92 Å². The van der Waals surface area contributed by atoms with Crippen LogP contribution in [0.25, 0.3) is 0 Å². The topological polar surface area (TPSA) is 46.6 Å². The zero-order valence-electron chi connectivity index (χ0n) is 10.7. The van der Waals surface area contributed by atoms with Gasteiger partial charge in [0, 0.05) is 13.6 Å². The molecule has 0 aromatic heterocycles. The van der Waals surface area contributed by atoms with E-state index in [4.69, 9.17) is 0 Å². The lowest BCUT2D eigenvalue weighted by Crippen LogP contribution is -2.27. The zero-order chi connectivity index (χ0) is 15.6. The highest BCUT2D eigenvalue weighted by atomic mass is 79.9. The van der Waals surface area contributed by atoms with Gasteiger partial charge in [0.15, 0.2) is 0 Å². The molecule has 114 valence electrons. The lowest BCUT2D eigenvalue weighted by molar-refractivity contribution is -0.274. The van der Waals surface area contributed by atoms with Crippen molar-refractivity contribution < 1.29 is 26.3 Å². The van der Waals surface area contributed by atoms with Crippen LogP contribution in [0.5, 0.6) is 5.75 Å². The van der Waals surface area contributed by atoms with Crippen LogP contribution in [0.2, 0.25) is 0 Å². The standard InChI is InChI=1S/C11H13BrF3NO3S/c1-3-6-16(2)20(17,18)8-4-5-10(9(12)7-8)19-11(13,14)15/h4-5,7H,3,6H2,1-2H3. The van der Waals surface area contributed by atoms with Crippen molar-refractivity contribution in [1.82, 2.24) is 4.31 Å². The van der Waals surface area contributed by atoms with Crippen LogP contribution >= 0.6 is 15.9 Å². The van der Waals surface area contributed by atoms with Gasteiger partial charge in [-0.2, -0.15) is 0 Å². The Morgan fingerprint density at radius 2 is 1.95 bits per heavy atom. The van der Waals surface area contributed by atoms with Crippen LogP contribution in [-0.2, 0) is 10.0 Å². The van der Waals surface area contributed by atoms with Crippen LogP contribution in [0.3, 0.4) is 0 Å². The average Bonchev–Trinajstić information content (AvgIpc) is 2.30. The highest BCUT2D eigenvalue weighted by molar-refractivity contribution is 9.10. The fourth-order valence-corrected chi connectivity index (χ4v) is 3.37. The molecule has 0 unspecified atom stereocenters. The van der Waals surface area contributed by atoms with Gasteiger partial charge < -0.3 is 4.74 Å². The normalized spacial score (nSPS) is 12.8. The van der Waals surface area contributed by atoms with E-state index in [1.807, 2.05) is 6.92 Å². The van der Waals surface area contributed by atoms with E-state index in [1.54, 1.807) is 0 Å². The number of benzene rings is 1. The Hall–Kier alpha value is -0.800. The second-order valence-electron chi connectivity index (χ2n) is 3.97. The van der Waals surface area contributed by atoms with Crippen molar-refractivity contribution >= 4 is 26.0 Å². The Balaban J connectivity index is 3.09. The summed E-state index contributed by atoms with van der Waals surface area (Å²) >= 11 is 2.87. The summed E-state index contributed by atoms with van der Waals surface area (Å²) in [5.41, 5.74) is 0. The van der Waals surface area contributed by atoms with E-state index in [0.29, 0.717) is 13.0 Å². The first kappa shape index (κ1) is 17.3. The van der Waals surface area contributed by atoms with Gasteiger partial charge in [0.2, 0.25) is 10.0 Å². The lowest BCUT2D eigenvalue weighted by Gasteiger charge is -2.17. The third-order valence-electron chi connectivity index (χ3n) is 2.38. The predicted molar refractivity (Wildman–Crippen MR) is 70.9 cm³/mol. The number of hydrogen-bond donors (Lipinski definition) is 0. The highest BCUT2D eigenvalue weighted by Crippen LogP contribution is 2.32. The van der Waals surface area contributed by atoms with E-state index in [9.17, 15) is 21.6 Å². The van der Waals surface area contributed by atoms with Gasteiger partial charge in [-0.15, -0.1) is 13.2 Å². The second kappa shape index (κ2) is 6.31. The Morgan fingerprint density at radius 3 is 2.40 bits per heavy atom. The van der Waals surface area contributed by atoms with Gasteiger partial charge >= 0.3 is 6.36 Å². The molecule has 9 heteroatoms. The summed E-state index contributed by atoms with van der Waals surface area (Å²) in [6, 6.07) is 3.13. The molecule has 1 rings (SSSR count). The summed E-state index contributed by atoms with van der Waals surface area (Å²) in [7, 11) is -2.31. The van der Waals surface area contributed by atoms with Crippen molar-refractivity contribution in [1.29, 1.82) is 0 Å². The molecule has 0 fully saturated rings. The molecular formula is C11H13BrF3NO3S. The van der Waals surface area contributed by atoms with Crippen LogP contribution in [0.4, 0.5) is 13.2 Å². The van der Waals surface area contributed by atoms with E-state index >= 15 is 0 Å². The lowest BCUT2D eigenvalue weighted by atomic mass is 10.3. The smallest absolute Gasteiger partial charge is 0.405 e. The maximum absolute atomic E-state index is 12.1. The summed E-state index contributed by atoms with van der Waals surface area (Å²) in [5.74, 6) is -0.491. The Kier molecular flexibility index (Phi) is 5.45. The minimum atomic E-state index is -4.83. The van der Waals surface area contributed by atoms with E-state index in [0.717, 1.165) is 22.5 Å². The molecule has 0 bridgehead atoms. The van der Waals surface area contributed by atoms with Crippen LogP contribution in [0.1, 0.15) is 13.3 Å². The molecule has 0 aliphatic heterocycles. The number of sulfonamides is 1. The molecule has 1 aromatic rings. The van der Waals surface area contributed by atoms with E-state index < -0.39 is 22.1 Å². The van der Waals surface area contributed by atoms with Crippen molar-refractivity contribution in [3.8, 4) is 5.75 Å². The molecule has 0 atom stereocenters. The van der Waals surface area contributed by atoms with Crippen LogP contribution in [0, 0.1) is 0 Å². The number of rotatable bonds is 5. The molecule has 0 radical (unpaired) electrons. The maximum atomic E-state index is 12.1. The fourth-order valence-electron chi connectivity index (χ4n) is 1.46. The molecule has 4 nitrogen and oxygen atoms in total. The SMILES string of the molecule is CCCN(C)S(=O)(=O)c1ccc(OC(F)(F)F)c(Br)c1. The van der Waals surface area contributed by atoms with Gasteiger partial charge in [-0.05, 0) is 40.5 Å². The summed E-state index contributed by atoms with van der Waals surface area (Å²) < 4.78 is 65.4. The molecule has 20 heavy (non-hydrogen) atoms. The first-order valence-corrected chi connectivity index (χ1v) is 7.83. The van der Waals surface area contributed by atoms with Crippen molar-refractivity contribution in [3.63, 3.8) is 0 Å². The number of hydrogen-bond acceptors (Lipinski definition) is 3. The quantitative estimate of drug-likeness (QED) is 0.792. The van der Waals surface area contributed by atoms with Crippen LogP contribution in [0.15, 0.2) is 27.6 Å². The van der Waals surface area contributed by atoms with Crippen molar-refractivity contribution in [3.05, 3.63) is 22.7 Å². The van der Waals surface area contributed by atoms with Crippen LogP contribution in [-0.4, -0.2) is 32.7 Å². The first-order chi connectivity index (χ1) is 9.08. The van der Waals surface area contributed by atoms with E-state index in [2.05, 4.69) is 20.7 Å². The zero-order valence-corrected chi connectivity index (χ0v) is 13.1. The minimum absolute atomic E-state index is 0.0826. The minimum Gasteiger partial charge on any atom is -0.405 e. The van der Waals surface area contributed by atoms with Gasteiger partial charge in [0.1, 0.15) is 5.75 Å². The maximum Gasteiger partial charge on any atom is 0.573 e. The predicted octanol–water partition coefficient (Wildman–Crippen LogP) is 3.38. The van der Waals surface area contributed by atoms with Gasteiger partial charge in [-0.3, -0.25) is 0 Å². The van der Waals surface area contributed by atoms with Crippen molar-refractivity contribution in [2.45, 2.75) is 24.6 Å². The van der Waals surface area contributed by atoms with Gasteiger partial charge in [-0.25, -0.2) is 12.7 Å². The van der Waals surface area contributed by atoms with Gasteiger partial charge in [0.05, 0.1) is 9.37 Å². The Bertz CT molecular complexity index is 575. The molecule has 0 spiro atoms. The second-order valence-corrected chi connectivity index (χ2v) is 6.87. The number of ether oxygens (including phenoxy) is 1. The molecule has 0 heterocycles. The molecule has 0 aliphatic carbocycles. The molecule has 0 N–H and O–H groups in total. The average molecular weight is 376 g/mol. The van der Waals surface area contributed by atoms with E-state index in [1.165, 1.54) is 7.05 Å². The van der Waals surface area contributed by atoms with Crippen molar-refractivity contribution in [2.75, 3.05) is 13.6 Å².